The first kappa shape index (κ1) is 17.1. The smallest absolute Gasteiger partial charge is 0.131 e. The van der Waals surface area contributed by atoms with Gasteiger partial charge in [-0.15, -0.1) is 16.4 Å². The number of hydrogen-bond acceptors (Lipinski definition) is 5. The average Bonchev–Trinajstić information content (AvgIpc) is 3.24. The number of pyridine rings is 1. The molecule has 1 aliphatic heterocycles. The summed E-state index contributed by atoms with van der Waals surface area (Å²) in [5, 5.41) is 10.9. The fourth-order valence-electron chi connectivity index (χ4n) is 3.77. The fraction of sp³-hybridized carbons (Fsp3) is 0.476. The van der Waals surface area contributed by atoms with Crippen LogP contribution in [0.4, 0.5) is 0 Å². The molecule has 140 valence electrons. The number of ether oxygens (including phenoxy) is 1. The number of aromatic nitrogens is 4. The minimum Gasteiger partial charge on any atom is -0.376 e. The van der Waals surface area contributed by atoms with Gasteiger partial charge in [0.05, 0.1) is 24.5 Å². The third kappa shape index (κ3) is 3.69. The van der Waals surface area contributed by atoms with Gasteiger partial charge in [0.25, 0.3) is 0 Å². The van der Waals surface area contributed by atoms with Crippen LogP contribution in [0.1, 0.15) is 49.1 Å². The predicted molar refractivity (Wildman–Crippen MR) is 107 cm³/mol. The molecule has 6 heteroatoms. The maximum Gasteiger partial charge on any atom is 0.131 e. The van der Waals surface area contributed by atoms with Crippen LogP contribution in [0.25, 0.3) is 21.8 Å². The molecule has 4 heterocycles. The molecule has 1 atom stereocenters. The molecule has 0 amide bonds. The van der Waals surface area contributed by atoms with Crippen LogP contribution < -0.4 is 0 Å². The molecule has 0 aromatic carbocycles. The van der Waals surface area contributed by atoms with Crippen LogP contribution >= 0.6 is 11.3 Å². The Labute approximate surface area is 163 Å². The Bertz CT molecular complexity index is 937. The lowest BCUT2D eigenvalue weighted by molar-refractivity contribution is 0.00370. The number of thiophene rings is 1. The zero-order valence-electron chi connectivity index (χ0n) is 15.6. The van der Waals surface area contributed by atoms with Crippen LogP contribution in [0, 0.1) is 6.92 Å². The molecule has 0 N–H and O–H groups in total. The van der Waals surface area contributed by atoms with E-state index >= 15 is 0 Å². The third-order valence-electron chi connectivity index (χ3n) is 5.48. The van der Waals surface area contributed by atoms with Gasteiger partial charge in [0, 0.05) is 23.2 Å². The van der Waals surface area contributed by atoms with Crippen LogP contribution in [0.2, 0.25) is 0 Å². The lowest BCUT2D eigenvalue weighted by Crippen LogP contribution is -2.24. The van der Waals surface area contributed by atoms with Crippen LogP contribution in [0.3, 0.4) is 0 Å². The van der Waals surface area contributed by atoms with Gasteiger partial charge in [-0.1, -0.05) is 5.21 Å². The van der Waals surface area contributed by atoms with E-state index in [1.54, 1.807) is 0 Å². The van der Waals surface area contributed by atoms with Gasteiger partial charge in [-0.2, -0.15) is 0 Å². The lowest BCUT2D eigenvalue weighted by atomic mass is 10.1. The number of rotatable bonds is 5. The molecule has 5 rings (SSSR count). The summed E-state index contributed by atoms with van der Waals surface area (Å²) in [5.74, 6) is 0.798. The van der Waals surface area contributed by atoms with Crippen LogP contribution in [-0.4, -0.2) is 32.7 Å². The van der Waals surface area contributed by atoms with Crippen molar-refractivity contribution in [3.8, 4) is 21.8 Å². The van der Waals surface area contributed by atoms with Gasteiger partial charge < -0.3 is 4.74 Å². The Morgan fingerprint density at radius 3 is 2.93 bits per heavy atom. The molecular formula is C21H24N4OS. The van der Waals surface area contributed by atoms with Gasteiger partial charge in [0.1, 0.15) is 5.69 Å². The van der Waals surface area contributed by atoms with Crippen molar-refractivity contribution in [1.82, 2.24) is 20.0 Å². The summed E-state index contributed by atoms with van der Waals surface area (Å²) in [4.78, 5) is 6.02. The summed E-state index contributed by atoms with van der Waals surface area (Å²) < 4.78 is 7.70. The van der Waals surface area contributed by atoms with Crippen molar-refractivity contribution < 1.29 is 4.74 Å². The Morgan fingerprint density at radius 2 is 2.15 bits per heavy atom. The van der Waals surface area contributed by atoms with Gasteiger partial charge in [-0.3, -0.25) is 4.98 Å². The number of nitrogens with zero attached hydrogens (tertiary/aromatic N) is 4. The summed E-state index contributed by atoms with van der Waals surface area (Å²) in [6.07, 6.45) is 10.4. The highest BCUT2D eigenvalue weighted by atomic mass is 32.1. The molecule has 5 nitrogen and oxygen atoms in total. The molecular weight excluding hydrogens is 356 g/mol. The van der Waals surface area contributed by atoms with E-state index in [4.69, 9.17) is 9.72 Å². The Morgan fingerprint density at radius 1 is 1.22 bits per heavy atom. The van der Waals surface area contributed by atoms with Crippen LogP contribution in [0.15, 0.2) is 29.9 Å². The summed E-state index contributed by atoms with van der Waals surface area (Å²) in [6, 6.07) is 4.55. The van der Waals surface area contributed by atoms with E-state index in [9.17, 15) is 0 Å². The summed E-state index contributed by atoms with van der Waals surface area (Å²) in [7, 11) is 0. The van der Waals surface area contributed by atoms with Crippen molar-refractivity contribution in [1.29, 1.82) is 0 Å². The third-order valence-corrected chi connectivity index (χ3v) is 6.47. The largest absolute Gasteiger partial charge is 0.376 e. The van der Waals surface area contributed by atoms with E-state index in [1.807, 2.05) is 28.4 Å². The van der Waals surface area contributed by atoms with Gasteiger partial charge in [0.15, 0.2) is 0 Å². The highest BCUT2D eigenvalue weighted by Crippen LogP contribution is 2.43. The second kappa shape index (κ2) is 7.17. The quantitative estimate of drug-likeness (QED) is 0.636. The van der Waals surface area contributed by atoms with E-state index in [1.165, 1.54) is 41.7 Å². The monoisotopic (exact) mass is 380 g/mol. The van der Waals surface area contributed by atoms with Crippen LogP contribution in [0.5, 0.6) is 0 Å². The molecule has 0 spiro atoms. The first-order chi connectivity index (χ1) is 13.3. The summed E-state index contributed by atoms with van der Waals surface area (Å²) in [6.45, 7) is 3.73. The normalized spacial score (nSPS) is 20.1. The van der Waals surface area contributed by atoms with Crippen molar-refractivity contribution in [3.63, 3.8) is 0 Å². The van der Waals surface area contributed by atoms with Crippen molar-refractivity contribution >= 4 is 11.3 Å². The van der Waals surface area contributed by atoms with Gasteiger partial charge in [-0.25, -0.2) is 4.68 Å². The minimum atomic E-state index is 0.254. The predicted octanol–water partition coefficient (Wildman–Crippen LogP) is 4.82. The first-order valence-corrected chi connectivity index (χ1v) is 10.7. The highest BCUT2D eigenvalue weighted by molar-refractivity contribution is 7.13. The zero-order valence-corrected chi connectivity index (χ0v) is 16.4. The zero-order chi connectivity index (χ0) is 18.2. The SMILES string of the molecule is Cc1cc(-c2cc(C3CC3)cs2)cnc1-c1cn(CC2CCCCO2)nn1. The highest BCUT2D eigenvalue weighted by Gasteiger charge is 2.24. The van der Waals surface area contributed by atoms with Crippen LogP contribution in [-0.2, 0) is 11.3 Å². The van der Waals surface area contributed by atoms with E-state index in [0.717, 1.165) is 42.4 Å². The molecule has 3 aromatic rings. The molecule has 27 heavy (non-hydrogen) atoms. The van der Waals surface area contributed by atoms with Gasteiger partial charge in [0.2, 0.25) is 0 Å². The Balaban J connectivity index is 1.34. The molecule has 1 saturated heterocycles. The number of hydrogen-bond donors (Lipinski definition) is 0. The molecule has 1 aliphatic carbocycles. The Hall–Kier alpha value is -2.05. The molecule has 1 saturated carbocycles. The lowest BCUT2D eigenvalue weighted by Gasteiger charge is -2.21. The maximum absolute atomic E-state index is 5.81. The summed E-state index contributed by atoms with van der Waals surface area (Å²) >= 11 is 1.82. The molecule has 1 unspecified atom stereocenters. The molecule has 3 aromatic heterocycles. The van der Waals surface area contributed by atoms with Crippen molar-refractivity contribution in [2.75, 3.05) is 6.61 Å². The molecule has 2 aliphatic rings. The minimum absolute atomic E-state index is 0.254. The van der Waals surface area contributed by atoms with E-state index in [-0.39, 0.29) is 6.10 Å². The van der Waals surface area contributed by atoms with Crippen molar-refractivity contribution in [3.05, 3.63) is 41.0 Å². The standard InChI is InChI=1S/C21H24N4OS/c1-14-8-16(20-9-17(13-27-20)15-5-6-15)10-22-21(14)19-12-25(24-23-19)11-18-4-2-3-7-26-18/h8-10,12-13,15,18H,2-7,11H2,1H3. The second-order valence-electron chi connectivity index (χ2n) is 7.72. The summed E-state index contributed by atoms with van der Waals surface area (Å²) in [5.41, 5.74) is 5.56. The first-order valence-electron chi connectivity index (χ1n) is 9.84. The average molecular weight is 381 g/mol. The maximum atomic E-state index is 5.81. The van der Waals surface area contributed by atoms with Crippen molar-refractivity contribution in [2.45, 2.75) is 57.6 Å². The van der Waals surface area contributed by atoms with E-state index < -0.39 is 0 Å². The molecule has 2 fully saturated rings. The Kier molecular flexibility index (Phi) is 4.53. The molecule has 0 bridgehead atoms. The van der Waals surface area contributed by atoms with E-state index in [0.29, 0.717) is 0 Å². The van der Waals surface area contributed by atoms with E-state index in [2.05, 4.69) is 34.7 Å². The fourth-order valence-corrected chi connectivity index (χ4v) is 4.74. The number of aryl methyl sites for hydroxylation is 1. The second-order valence-corrected chi connectivity index (χ2v) is 8.63. The van der Waals surface area contributed by atoms with Gasteiger partial charge in [-0.05, 0) is 73.6 Å². The topological polar surface area (TPSA) is 52.8 Å². The molecule has 0 radical (unpaired) electrons. The van der Waals surface area contributed by atoms with Gasteiger partial charge >= 0.3 is 0 Å². The van der Waals surface area contributed by atoms with Crippen molar-refractivity contribution in [2.24, 2.45) is 0 Å².